The highest BCUT2D eigenvalue weighted by atomic mass is 16.5. The Morgan fingerprint density at radius 1 is 1.38 bits per heavy atom. The Hall–Kier alpha value is -1.85. The number of hydrogen-bond donors (Lipinski definition) is 1. The van der Waals surface area contributed by atoms with Gasteiger partial charge in [-0.1, -0.05) is 0 Å². The molecule has 1 saturated heterocycles. The zero-order chi connectivity index (χ0) is 14.8. The molecule has 0 unspecified atom stereocenters. The highest BCUT2D eigenvalue weighted by Gasteiger charge is 2.28. The van der Waals surface area contributed by atoms with Crippen molar-refractivity contribution in [1.29, 1.82) is 0 Å². The summed E-state index contributed by atoms with van der Waals surface area (Å²) in [7, 11) is 0. The molecule has 1 aromatic heterocycles. The van der Waals surface area contributed by atoms with Gasteiger partial charge >= 0.3 is 5.97 Å². The molecule has 1 aliphatic heterocycles. The van der Waals surface area contributed by atoms with Crippen LogP contribution >= 0.6 is 0 Å². The average molecular weight is 291 g/mol. The van der Waals surface area contributed by atoms with Crippen LogP contribution in [0.15, 0.2) is 4.79 Å². The predicted octanol–water partition coefficient (Wildman–Crippen LogP) is 1.04. The van der Waals surface area contributed by atoms with Crippen LogP contribution in [0, 0.1) is 5.92 Å². The van der Waals surface area contributed by atoms with Crippen molar-refractivity contribution in [2.45, 2.75) is 39.0 Å². The van der Waals surface area contributed by atoms with E-state index in [1.54, 1.807) is 0 Å². The molecule has 1 aromatic rings. The first-order valence-corrected chi connectivity index (χ1v) is 7.72. The fraction of sp³-hybridized carbons (Fsp3) is 0.667. The van der Waals surface area contributed by atoms with E-state index in [4.69, 9.17) is 4.74 Å². The minimum atomic E-state index is -0.104. The lowest BCUT2D eigenvalue weighted by Gasteiger charge is -2.31. The van der Waals surface area contributed by atoms with E-state index in [1.165, 1.54) is 0 Å². The van der Waals surface area contributed by atoms with Crippen molar-refractivity contribution in [2.24, 2.45) is 5.92 Å². The summed E-state index contributed by atoms with van der Waals surface area (Å²) in [4.78, 5) is 33.3. The maximum atomic E-state index is 12.0. The maximum absolute atomic E-state index is 12.0. The standard InChI is InChI=1S/C15H21N3O3/c1-2-21-14(20)10-6-8-18(9-7-10)15-16-12-5-3-4-11(12)13(19)17-15/h10H,2-9H2,1H3,(H,16,17,19). The number of carbonyl (C=O) groups is 1. The van der Waals surface area contributed by atoms with Crippen LogP contribution in [0.2, 0.25) is 0 Å². The first kappa shape index (κ1) is 14.1. The van der Waals surface area contributed by atoms with Gasteiger partial charge in [0.1, 0.15) is 0 Å². The van der Waals surface area contributed by atoms with E-state index in [1.807, 2.05) is 6.92 Å². The molecule has 0 radical (unpaired) electrons. The van der Waals surface area contributed by atoms with Gasteiger partial charge in [-0.05, 0) is 39.0 Å². The molecule has 1 aliphatic carbocycles. The maximum Gasteiger partial charge on any atom is 0.309 e. The molecule has 1 N–H and O–H groups in total. The normalized spacial score (nSPS) is 18.6. The molecule has 6 heteroatoms. The molecular formula is C15H21N3O3. The summed E-state index contributed by atoms with van der Waals surface area (Å²) in [5, 5.41) is 0. The molecular weight excluding hydrogens is 270 g/mol. The molecule has 0 bridgehead atoms. The number of esters is 1. The Bertz CT molecular complexity index is 588. The van der Waals surface area contributed by atoms with Gasteiger partial charge in [-0.3, -0.25) is 14.6 Å². The third kappa shape index (κ3) is 2.80. The van der Waals surface area contributed by atoms with Crippen molar-refractivity contribution in [3.05, 3.63) is 21.6 Å². The third-order valence-electron chi connectivity index (χ3n) is 4.34. The number of ether oxygens (including phenoxy) is 1. The van der Waals surface area contributed by atoms with Gasteiger partial charge in [0.25, 0.3) is 5.56 Å². The SMILES string of the molecule is CCOC(=O)C1CCN(c2nc3c(c(=O)[nH]2)CCC3)CC1. The van der Waals surface area contributed by atoms with Gasteiger partial charge in [-0.15, -0.1) is 0 Å². The van der Waals surface area contributed by atoms with Crippen LogP contribution in [0.3, 0.4) is 0 Å². The topological polar surface area (TPSA) is 75.3 Å². The minimum Gasteiger partial charge on any atom is -0.466 e. The summed E-state index contributed by atoms with van der Waals surface area (Å²) in [5.74, 6) is 0.526. The van der Waals surface area contributed by atoms with Crippen LogP contribution in [0.1, 0.15) is 37.4 Å². The van der Waals surface area contributed by atoms with E-state index in [2.05, 4.69) is 14.9 Å². The molecule has 114 valence electrons. The number of aryl methyl sites for hydroxylation is 1. The van der Waals surface area contributed by atoms with Gasteiger partial charge in [0.15, 0.2) is 0 Å². The van der Waals surface area contributed by atoms with Gasteiger partial charge in [0, 0.05) is 18.7 Å². The summed E-state index contributed by atoms with van der Waals surface area (Å²) in [5.41, 5.74) is 1.79. The Morgan fingerprint density at radius 2 is 2.14 bits per heavy atom. The number of anilines is 1. The van der Waals surface area contributed by atoms with Gasteiger partial charge in [0.05, 0.1) is 18.2 Å². The van der Waals surface area contributed by atoms with Crippen molar-refractivity contribution < 1.29 is 9.53 Å². The first-order chi connectivity index (χ1) is 10.2. The fourth-order valence-corrected chi connectivity index (χ4v) is 3.17. The number of nitrogens with zero attached hydrogens (tertiary/aromatic N) is 2. The molecule has 0 spiro atoms. The Balaban J connectivity index is 1.69. The quantitative estimate of drug-likeness (QED) is 0.842. The van der Waals surface area contributed by atoms with Crippen LogP contribution in [-0.2, 0) is 22.4 Å². The zero-order valence-electron chi connectivity index (χ0n) is 12.4. The number of H-pyrrole nitrogens is 1. The average Bonchev–Trinajstić information content (AvgIpc) is 2.97. The van der Waals surface area contributed by atoms with Crippen LogP contribution < -0.4 is 10.5 Å². The molecule has 0 amide bonds. The second kappa shape index (κ2) is 5.87. The van der Waals surface area contributed by atoms with Crippen molar-refractivity contribution in [2.75, 3.05) is 24.6 Å². The van der Waals surface area contributed by atoms with Crippen LogP contribution in [0.5, 0.6) is 0 Å². The molecule has 2 aliphatic rings. The number of aromatic amines is 1. The van der Waals surface area contributed by atoms with Gasteiger partial charge in [0.2, 0.25) is 5.95 Å². The minimum absolute atomic E-state index is 0.0000150. The van der Waals surface area contributed by atoms with Crippen molar-refractivity contribution in [3.8, 4) is 0 Å². The van der Waals surface area contributed by atoms with E-state index in [0.717, 1.165) is 56.5 Å². The molecule has 0 saturated carbocycles. The molecule has 0 atom stereocenters. The number of fused-ring (bicyclic) bond motifs is 1. The van der Waals surface area contributed by atoms with Gasteiger partial charge in [-0.25, -0.2) is 4.98 Å². The number of rotatable bonds is 3. The van der Waals surface area contributed by atoms with Crippen LogP contribution in [0.25, 0.3) is 0 Å². The number of nitrogens with one attached hydrogen (secondary N) is 1. The van der Waals surface area contributed by atoms with E-state index < -0.39 is 0 Å². The van der Waals surface area contributed by atoms with Gasteiger partial charge < -0.3 is 9.64 Å². The molecule has 21 heavy (non-hydrogen) atoms. The van der Waals surface area contributed by atoms with Gasteiger partial charge in [-0.2, -0.15) is 0 Å². The summed E-state index contributed by atoms with van der Waals surface area (Å²) < 4.78 is 5.07. The lowest BCUT2D eigenvalue weighted by atomic mass is 9.97. The van der Waals surface area contributed by atoms with E-state index in [9.17, 15) is 9.59 Å². The summed E-state index contributed by atoms with van der Waals surface area (Å²) in [6, 6.07) is 0. The molecule has 1 fully saturated rings. The zero-order valence-corrected chi connectivity index (χ0v) is 12.4. The second-order valence-electron chi connectivity index (χ2n) is 5.68. The number of aromatic nitrogens is 2. The lowest BCUT2D eigenvalue weighted by Crippen LogP contribution is -2.39. The van der Waals surface area contributed by atoms with Crippen LogP contribution in [0.4, 0.5) is 5.95 Å². The summed E-state index contributed by atoms with van der Waals surface area (Å²) in [6.07, 6.45) is 4.24. The lowest BCUT2D eigenvalue weighted by molar-refractivity contribution is -0.148. The number of carbonyl (C=O) groups excluding carboxylic acids is 1. The van der Waals surface area contributed by atoms with E-state index in [0.29, 0.717) is 12.6 Å². The van der Waals surface area contributed by atoms with Crippen LogP contribution in [-0.4, -0.2) is 35.6 Å². The predicted molar refractivity (Wildman–Crippen MR) is 78.5 cm³/mol. The van der Waals surface area contributed by atoms with Crippen molar-refractivity contribution in [3.63, 3.8) is 0 Å². The molecule has 0 aromatic carbocycles. The summed E-state index contributed by atoms with van der Waals surface area (Å²) in [6.45, 7) is 3.71. The molecule has 2 heterocycles. The Labute approximate surface area is 123 Å². The smallest absolute Gasteiger partial charge is 0.309 e. The Kier molecular flexibility index (Phi) is 3.94. The van der Waals surface area contributed by atoms with Crippen molar-refractivity contribution in [1.82, 2.24) is 9.97 Å². The third-order valence-corrected chi connectivity index (χ3v) is 4.34. The van der Waals surface area contributed by atoms with Crippen molar-refractivity contribution >= 4 is 11.9 Å². The Morgan fingerprint density at radius 3 is 2.86 bits per heavy atom. The molecule has 3 rings (SSSR count). The summed E-state index contributed by atoms with van der Waals surface area (Å²) >= 11 is 0. The monoisotopic (exact) mass is 291 g/mol. The first-order valence-electron chi connectivity index (χ1n) is 7.72. The number of piperidine rings is 1. The highest BCUT2D eigenvalue weighted by molar-refractivity contribution is 5.72. The van der Waals surface area contributed by atoms with E-state index in [-0.39, 0.29) is 17.4 Å². The second-order valence-corrected chi connectivity index (χ2v) is 5.68. The largest absolute Gasteiger partial charge is 0.466 e. The highest BCUT2D eigenvalue weighted by Crippen LogP contribution is 2.23. The number of hydrogen-bond acceptors (Lipinski definition) is 5. The van der Waals surface area contributed by atoms with E-state index >= 15 is 0 Å². The fourth-order valence-electron chi connectivity index (χ4n) is 3.17. The molecule has 6 nitrogen and oxygen atoms in total.